The van der Waals surface area contributed by atoms with Crippen LogP contribution in [0.25, 0.3) is 0 Å². The molecule has 1 aliphatic rings. The van der Waals surface area contributed by atoms with Crippen molar-refractivity contribution in [2.24, 2.45) is 5.73 Å². The van der Waals surface area contributed by atoms with Crippen LogP contribution in [0.15, 0.2) is 0 Å². The Labute approximate surface area is 111 Å². The van der Waals surface area contributed by atoms with Gasteiger partial charge in [0.05, 0.1) is 6.54 Å². The molecule has 2 N–H and O–H groups in total. The van der Waals surface area contributed by atoms with Crippen molar-refractivity contribution >= 4 is 5.91 Å². The van der Waals surface area contributed by atoms with Crippen molar-refractivity contribution in [1.29, 1.82) is 0 Å². The average molecular weight is 255 g/mol. The summed E-state index contributed by atoms with van der Waals surface area (Å²) in [5.74, 6) is 0.308. The van der Waals surface area contributed by atoms with Crippen LogP contribution >= 0.6 is 0 Å². The molecule has 0 unspecified atom stereocenters. The van der Waals surface area contributed by atoms with Crippen molar-refractivity contribution in [3.05, 3.63) is 0 Å². The summed E-state index contributed by atoms with van der Waals surface area (Å²) in [7, 11) is 0. The van der Waals surface area contributed by atoms with Gasteiger partial charge in [0.15, 0.2) is 0 Å². The zero-order valence-corrected chi connectivity index (χ0v) is 11.9. The summed E-state index contributed by atoms with van der Waals surface area (Å²) in [4.78, 5) is 16.6. The molecular formula is C14H29N3O. The minimum atomic E-state index is 0.308. The maximum Gasteiger partial charge on any atom is 0.236 e. The van der Waals surface area contributed by atoms with Crippen LogP contribution in [0.1, 0.15) is 45.4 Å². The summed E-state index contributed by atoms with van der Waals surface area (Å²) < 4.78 is 0. The minimum absolute atomic E-state index is 0.308. The first-order valence-corrected chi connectivity index (χ1v) is 7.48. The van der Waals surface area contributed by atoms with Crippen molar-refractivity contribution in [2.75, 3.05) is 39.3 Å². The molecule has 0 saturated carbocycles. The second-order valence-corrected chi connectivity index (χ2v) is 5.21. The van der Waals surface area contributed by atoms with Gasteiger partial charge in [0.2, 0.25) is 5.91 Å². The molecule has 0 atom stereocenters. The van der Waals surface area contributed by atoms with E-state index in [0.29, 0.717) is 19.0 Å². The molecule has 1 heterocycles. The molecule has 0 aliphatic carbocycles. The van der Waals surface area contributed by atoms with Crippen LogP contribution in [0.5, 0.6) is 0 Å². The number of carbonyl (C=O) groups is 1. The van der Waals surface area contributed by atoms with E-state index in [2.05, 4.69) is 16.7 Å². The molecule has 1 fully saturated rings. The lowest BCUT2D eigenvalue weighted by molar-refractivity contribution is -0.132. The second kappa shape index (κ2) is 9.34. The maximum absolute atomic E-state index is 12.3. The van der Waals surface area contributed by atoms with E-state index >= 15 is 0 Å². The molecule has 1 amide bonds. The molecule has 0 spiro atoms. The van der Waals surface area contributed by atoms with Crippen LogP contribution < -0.4 is 5.73 Å². The first-order valence-electron chi connectivity index (χ1n) is 7.48. The fourth-order valence-corrected chi connectivity index (χ4v) is 2.51. The van der Waals surface area contributed by atoms with Crippen LogP contribution in [0.4, 0.5) is 0 Å². The van der Waals surface area contributed by atoms with Crippen molar-refractivity contribution in [1.82, 2.24) is 9.80 Å². The highest BCUT2D eigenvalue weighted by molar-refractivity contribution is 5.78. The number of rotatable bonds is 7. The molecule has 1 saturated heterocycles. The number of hydrogen-bond donors (Lipinski definition) is 1. The van der Waals surface area contributed by atoms with Gasteiger partial charge in [-0.15, -0.1) is 0 Å². The first kappa shape index (κ1) is 15.4. The van der Waals surface area contributed by atoms with E-state index in [9.17, 15) is 4.79 Å². The largest absolute Gasteiger partial charge is 0.342 e. The van der Waals surface area contributed by atoms with Gasteiger partial charge in [0, 0.05) is 13.1 Å². The van der Waals surface area contributed by atoms with Crippen molar-refractivity contribution in [3.8, 4) is 0 Å². The third-order valence-electron chi connectivity index (χ3n) is 3.54. The number of nitrogens with zero attached hydrogens (tertiary/aromatic N) is 2. The van der Waals surface area contributed by atoms with Gasteiger partial charge in [-0.05, 0) is 45.3 Å². The Kier molecular flexibility index (Phi) is 8.01. The molecule has 1 rings (SSSR count). The zero-order valence-electron chi connectivity index (χ0n) is 11.9. The lowest BCUT2D eigenvalue weighted by Crippen LogP contribution is -2.41. The summed E-state index contributed by atoms with van der Waals surface area (Å²) in [5.41, 5.74) is 5.55. The van der Waals surface area contributed by atoms with Crippen LogP contribution in [0.2, 0.25) is 0 Å². The summed E-state index contributed by atoms with van der Waals surface area (Å²) in [6.45, 7) is 7.30. The van der Waals surface area contributed by atoms with Crippen LogP contribution in [-0.4, -0.2) is 55.0 Å². The van der Waals surface area contributed by atoms with Crippen molar-refractivity contribution in [3.63, 3.8) is 0 Å². The van der Waals surface area contributed by atoms with Crippen molar-refractivity contribution in [2.45, 2.75) is 45.4 Å². The number of amides is 1. The van der Waals surface area contributed by atoms with Gasteiger partial charge in [-0.3, -0.25) is 9.69 Å². The Morgan fingerprint density at radius 1 is 1.17 bits per heavy atom. The van der Waals surface area contributed by atoms with E-state index < -0.39 is 0 Å². The Balaban J connectivity index is 2.37. The summed E-state index contributed by atoms with van der Waals surface area (Å²) >= 11 is 0. The van der Waals surface area contributed by atoms with Gasteiger partial charge >= 0.3 is 0 Å². The monoisotopic (exact) mass is 255 g/mol. The van der Waals surface area contributed by atoms with E-state index in [1.807, 2.05) is 0 Å². The van der Waals surface area contributed by atoms with Crippen LogP contribution in [0.3, 0.4) is 0 Å². The van der Waals surface area contributed by atoms with Gasteiger partial charge < -0.3 is 10.6 Å². The molecule has 106 valence electrons. The molecule has 1 aliphatic heterocycles. The van der Waals surface area contributed by atoms with E-state index in [1.54, 1.807) is 0 Å². The van der Waals surface area contributed by atoms with Gasteiger partial charge in [-0.1, -0.05) is 19.8 Å². The van der Waals surface area contributed by atoms with Crippen LogP contribution in [-0.2, 0) is 4.79 Å². The molecule has 4 heteroatoms. The number of hydrogen-bond acceptors (Lipinski definition) is 3. The molecule has 0 aromatic heterocycles. The molecule has 4 nitrogen and oxygen atoms in total. The van der Waals surface area contributed by atoms with Gasteiger partial charge in [0.1, 0.15) is 0 Å². The third-order valence-corrected chi connectivity index (χ3v) is 3.54. The van der Waals surface area contributed by atoms with E-state index in [1.165, 1.54) is 25.7 Å². The van der Waals surface area contributed by atoms with Crippen molar-refractivity contribution < 1.29 is 4.79 Å². The quantitative estimate of drug-likeness (QED) is 0.749. The Bertz CT molecular complexity index is 225. The summed E-state index contributed by atoms with van der Waals surface area (Å²) in [5, 5.41) is 0. The zero-order chi connectivity index (χ0) is 13.2. The topological polar surface area (TPSA) is 49.6 Å². The summed E-state index contributed by atoms with van der Waals surface area (Å²) in [6.07, 6.45) is 6.96. The highest BCUT2D eigenvalue weighted by Gasteiger charge is 2.17. The lowest BCUT2D eigenvalue weighted by Gasteiger charge is -2.26. The SMILES string of the molecule is CCCN(CCCN)CC(=O)N1CCCCCC1. The predicted molar refractivity (Wildman–Crippen MR) is 75.5 cm³/mol. The molecular weight excluding hydrogens is 226 g/mol. The average Bonchev–Trinajstić information content (AvgIpc) is 2.65. The Morgan fingerprint density at radius 3 is 2.39 bits per heavy atom. The second-order valence-electron chi connectivity index (χ2n) is 5.21. The molecule has 18 heavy (non-hydrogen) atoms. The van der Waals surface area contributed by atoms with Gasteiger partial charge in [-0.25, -0.2) is 0 Å². The van der Waals surface area contributed by atoms with E-state index in [0.717, 1.165) is 39.0 Å². The third kappa shape index (κ3) is 5.83. The highest BCUT2D eigenvalue weighted by Crippen LogP contribution is 2.10. The fraction of sp³-hybridized carbons (Fsp3) is 0.929. The fourth-order valence-electron chi connectivity index (χ4n) is 2.51. The van der Waals surface area contributed by atoms with Crippen LogP contribution in [0, 0.1) is 0 Å². The smallest absolute Gasteiger partial charge is 0.236 e. The predicted octanol–water partition coefficient (Wildman–Crippen LogP) is 1.45. The standard InChI is InChI=1S/C14H29N3O/c1-2-9-16(10-7-8-15)13-14(18)17-11-5-3-4-6-12-17/h2-13,15H2,1H3. The number of likely N-dealkylation sites (tertiary alicyclic amines) is 1. The summed E-state index contributed by atoms with van der Waals surface area (Å²) in [6, 6.07) is 0. The molecule has 0 radical (unpaired) electrons. The maximum atomic E-state index is 12.3. The van der Waals surface area contributed by atoms with E-state index in [4.69, 9.17) is 5.73 Å². The lowest BCUT2D eigenvalue weighted by atomic mass is 10.2. The number of carbonyl (C=O) groups excluding carboxylic acids is 1. The minimum Gasteiger partial charge on any atom is -0.342 e. The van der Waals surface area contributed by atoms with Gasteiger partial charge in [0.25, 0.3) is 0 Å². The Morgan fingerprint density at radius 2 is 1.83 bits per heavy atom. The normalized spacial score (nSPS) is 16.9. The van der Waals surface area contributed by atoms with Gasteiger partial charge in [-0.2, -0.15) is 0 Å². The highest BCUT2D eigenvalue weighted by atomic mass is 16.2. The number of nitrogens with two attached hydrogens (primary N) is 1. The molecule has 0 aromatic carbocycles. The van der Waals surface area contributed by atoms with E-state index in [-0.39, 0.29) is 0 Å². The molecule has 0 bridgehead atoms. The molecule has 0 aromatic rings. The first-order chi connectivity index (χ1) is 8.77. The Hall–Kier alpha value is -0.610.